The number of aliphatic hydroxyl groups excluding tert-OH is 1. The summed E-state index contributed by atoms with van der Waals surface area (Å²) in [6, 6.07) is 4.69. The fourth-order valence-electron chi connectivity index (χ4n) is 1.45. The van der Waals surface area contributed by atoms with E-state index in [1.807, 2.05) is 6.92 Å². The third kappa shape index (κ3) is 4.72. The summed E-state index contributed by atoms with van der Waals surface area (Å²) in [6.07, 6.45) is 1.41. The lowest BCUT2D eigenvalue weighted by Crippen LogP contribution is -2.25. The Morgan fingerprint density at radius 1 is 1.33 bits per heavy atom. The summed E-state index contributed by atoms with van der Waals surface area (Å²) in [5, 5.41) is 8.82. The van der Waals surface area contributed by atoms with Crippen LogP contribution in [-0.2, 0) is 10.0 Å². The van der Waals surface area contributed by atoms with Crippen LogP contribution in [-0.4, -0.2) is 26.7 Å². The quantitative estimate of drug-likeness (QED) is 0.741. The molecule has 18 heavy (non-hydrogen) atoms. The molecule has 0 heterocycles. The van der Waals surface area contributed by atoms with E-state index in [9.17, 15) is 12.8 Å². The Bertz CT molecular complexity index is 459. The van der Waals surface area contributed by atoms with Crippen molar-refractivity contribution in [1.82, 2.24) is 4.72 Å². The summed E-state index contributed by atoms with van der Waals surface area (Å²) in [7, 11) is -3.56. The molecule has 0 aromatic heterocycles. The van der Waals surface area contributed by atoms with Crippen LogP contribution in [0, 0.1) is 11.7 Å². The van der Waals surface area contributed by atoms with Crippen LogP contribution in [0.4, 0.5) is 4.39 Å². The standard InChI is InChI=1S/C12H18FNO3S/c1-10(9-15)3-2-8-14-18(16,17)12-6-4-11(13)5-7-12/h4-7,10,14-15H,2-3,8-9H2,1H3. The van der Waals surface area contributed by atoms with Gasteiger partial charge in [-0.15, -0.1) is 0 Å². The third-order valence-corrected chi connectivity index (χ3v) is 4.08. The van der Waals surface area contributed by atoms with Crippen LogP contribution in [0.3, 0.4) is 0 Å². The molecule has 0 aliphatic rings. The van der Waals surface area contributed by atoms with Crippen LogP contribution in [0.1, 0.15) is 19.8 Å². The van der Waals surface area contributed by atoms with Gasteiger partial charge in [-0.25, -0.2) is 17.5 Å². The minimum atomic E-state index is -3.56. The topological polar surface area (TPSA) is 66.4 Å². The highest BCUT2D eigenvalue weighted by Gasteiger charge is 2.13. The van der Waals surface area contributed by atoms with E-state index >= 15 is 0 Å². The van der Waals surface area contributed by atoms with E-state index in [1.165, 1.54) is 12.1 Å². The molecule has 0 amide bonds. The second-order valence-electron chi connectivity index (χ2n) is 4.28. The molecule has 6 heteroatoms. The monoisotopic (exact) mass is 275 g/mol. The SMILES string of the molecule is CC(CO)CCCNS(=O)(=O)c1ccc(F)cc1. The summed E-state index contributed by atoms with van der Waals surface area (Å²) in [5.41, 5.74) is 0. The van der Waals surface area contributed by atoms with E-state index < -0.39 is 15.8 Å². The van der Waals surface area contributed by atoms with Gasteiger partial charge in [-0.3, -0.25) is 0 Å². The maximum absolute atomic E-state index is 12.7. The molecular weight excluding hydrogens is 257 g/mol. The number of rotatable bonds is 7. The normalized spacial score (nSPS) is 13.5. The first kappa shape index (κ1) is 15.1. The van der Waals surface area contributed by atoms with Gasteiger partial charge < -0.3 is 5.11 Å². The van der Waals surface area contributed by atoms with Gasteiger partial charge in [-0.05, 0) is 43.0 Å². The Morgan fingerprint density at radius 3 is 2.50 bits per heavy atom. The van der Waals surface area contributed by atoms with Crippen molar-refractivity contribution < 1.29 is 17.9 Å². The summed E-state index contributed by atoms with van der Waals surface area (Å²) in [4.78, 5) is 0.0547. The number of sulfonamides is 1. The van der Waals surface area contributed by atoms with Crippen molar-refractivity contribution in [2.75, 3.05) is 13.2 Å². The van der Waals surface area contributed by atoms with Crippen LogP contribution < -0.4 is 4.72 Å². The minimum Gasteiger partial charge on any atom is -0.396 e. The molecule has 1 unspecified atom stereocenters. The van der Waals surface area contributed by atoms with Crippen molar-refractivity contribution in [3.05, 3.63) is 30.1 Å². The summed E-state index contributed by atoms with van der Waals surface area (Å²) in [5.74, 6) is -0.300. The van der Waals surface area contributed by atoms with Crippen molar-refractivity contribution in [3.63, 3.8) is 0 Å². The fraction of sp³-hybridized carbons (Fsp3) is 0.500. The highest BCUT2D eigenvalue weighted by Crippen LogP contribution is 2.10. The summed E-state index contributed by atoms with van der Waals surface area (Å²) < 4.78 is 38.7. The van der Waals surface area contributed by atoms with Crippen LogP contribution in [0.25, 0.3) is 0 Å². The number of halogens is 1. The maximum Gasteiger partial charge on any atom is 0.240 e. The Balaban J connectivity index is 2.48. The third-order valence-electron chi connectivity index (χ3n) is 2.60. The molecule has 102 valence electrons. The lowest BCUT2D eigenvalue weighted by molar-refractivity contribution is 0.228. The van der Waals surface area contributed by atoms with E-state index in [4.69, 9.17) is 5.11 Å². The van der Waals surface area contributed by atoms with Gasteiger partial charge in [0.2, 0.25) is 10.0 Å². The van der Waals surface area contributed by atoms with Crippen LogP contribution >= 0.6 is 0 Å². The Labute approximate surface area is 107 Å². The van der Waals surface area contributed by atoms with Gasteiger partial charge in [0.25, 0.3) is 0 Å². The molecule has 2 N–H and O–H groups in total. The predicted molar refractivity (Wildman–Crippen MR) is 67.1 cm³/mol. The van der Waals surface area contributed by atoms with Crippen molar-refractivity contribution in [1.29, 1.82) is 0 Å². The number of nitrogens with one attached hydrogen (secondary N) is 1. The van der Waals surface area contributed by atoms with E-state index in [0.717, 1.165) is 18.6 Å². The second kappa shape index (κ2) is 6.82. The largest absolute Gasteiger partial charge is 0.396 e. The van der Waals surface area contributed by atoms with E-state index in [-0.39, 0.29) is 17.4 Å². The lowest BCUT2D eigenvalue weighted by Gasteiger charge is -2.09. The van der Waals surface area contributed by atoms with E-state index in [1.54, 1.807) is 0 Å². The van der Waals surface area contributed by atoms with Crippen molar-refractivity contribution in [2.45, 2.75) is 24.7 Å². The lowest BCUT2D eigenvalue weighted by atomic mass is 10.1. The van der Waals surface area contributed by atoms with Gasteiger partial charge in [0.05, 0.1) is 4.90 Å². The zero-order chi connectivity index (χ0) is 13.6. The molecule has 0 fully saturated rings. The van der Waals surface area contributed by atoms with Crippen molar-refractivity contribution in [2.24, 2.45) is 5.92 Å². The van der Waals surface area contributed by atoms with Gasteiger partial charge in [-0.1, -0.05) is 6.92 Å². The summed E-state index contributed by atoms with van der Waals surface area (Å²) >= 11 is 0. The van der Waals surface area contributed by atoms with Crippen LogP contribution in [0.5, 0.6) is 0 Å². The molecule has 1 aromatic rings. The highest BCUT2D eigenvalue weighted by atomic mass is 32.2. The molecule has 1 rings (SSSR count). The van der Waals surface area contributed by atoms with Gasteiger partial charge in [0.15, 0.2) is 0 Å². The maximum atomic E-state index is 12.7. The number of hydrogen-bond acceptors (Lipinski definition) is 3. The zero-order valence-electron chi connectivity index (χ0n) is 10.3. The average Bonchev–Trinajstić information content (AvgIpc) is 2.35. The molecule has 0 bridgehead atoms. The molecular formula is C12H18FNO3S. The van der Waals surface area contributed by atoms with Crippen molar-refractivity contribution >= 4 is 10.0 Å². The molecule has 1 aromatic carbocycles. The molecule has 4 nitrogen and oxygen atoms in total. The Hall–Kier alpha value is -0.980. The highest BCUT2D eigenvalue weighted by molar-refractivity contribution is 7.89. The van der Waals surface area contributed by atoms with Gasteiger partial charge in [-0.2, -0.15) is 0 Å². The minimum absolute atomic E-state index is 0.0547. The second-order valence-corrected chi connectivity index (χ2v) is 6.05. The van der Waals surface area contributed by atoms with Crippen LogP contribution in [0.15, 0.2) is 29.2 Å². The Morgan fingerprint density at radius 2 is 1.94 bits per heavy atom. The fourth-order valence-corrected chi connectivity index (χ4v) is 2.52. The van der Waals surface area contributed by atoms with E-state index in [2.05, 4.69) is 4.72 Å². The Kier molecular flexibility index (Phi) is 5.71. The molecule has 0 saturated heterocycles. The first-order valence-corrected chi connectivity index (χ1v) is 7.30. The summed E-state index contributed by atoms with van der Waals surface area (Å²) in [6.45, 7) is 2.31. The molecule has 0 radical (unpaired) electrons. The van der Waals surface area contributed by atoms with E-state index in [0.29, 0.717) is 13.0 Å². The molecule has 1 atom stereocenters. The molecule has 0 saturated carbocycles. The van der Waals surface area contributed by atoms with Gasteiger partial charge in [0, 0.05) is 13.2 Å². The predicted octanol–water partition coefficient (Wildman–Crippen LogP) is 1.51. The van der Waals surface area contributed by atoms with Gasteiger partial charge >= 0.3 is 0 Å². The number of hydrogen-bond donors (Lipinski definition) is 2. The number of aliphatic hydroxyl groups is 1. The first-order valence-electron chi connectivity index (χ1n) is 5.82. The first-order chi connectivity index (χ1) is 8.45. The zero-order valence-corrected chi connectivity index (χ0v) is 11.1. The molecule has 0 aliphatic carbocycles. The van der Waals surface area contributed by atoms with Crippen molar-refractivity contribution in [3.8, 4) is 0 Å². The average molecular weight is 275 g/mol. The smallest absolute Gasteiger partial charge is 0.240 e. The van der Waals surface area contributed by atoms with Gasteiger partial charge in [0.1, 0.15) is 5.82 Å². The molecule has 0 spiro atoms. The molecule has 0 aliphatic heterocycles. The van der Waals surface area contributed by atoms with Crippen LogP contribution in [0.2, 0.25) is 0 Å². The number of benzene rings is 1.